The topological polar surface area (TPSA) is 30.4 Å². The molecule has 0 aliphatic heterocycles. The first-order valence-electron chi connectivity index (χ1n) is 18.4. The number of fused-ring (bicyclic) bond motifs is 10. The number of imidazole rings is 1. The van der Waals surface area contributed by atoms with Crippen molar-refractivity contribution in [3.63, 3.8) is 0 Å². The molecule has 0 bridgehead atoms. The summed E-state index contributed by atoms with van der Waals surface area (Å²) in [5, 5.41) is 3.23. The molecule has 3 heteroatoms. The van der Waals surface area contributed by atoms with Crippen molar-refractivity contribution in [2.24, 2.45) is 0 Å². The van der Waals surface area contributed by atoms with E-state index in [1.54, 1.807) is 0 Å². The average Bonchev–Trinajstić information content (AvgIpc) is 3.83. The predicted octanol–water partition coefficient (Wildman–Crippen LogP) is 13.9. The van der Waals surface area contributed by atoms with Crippen molar-refractivity contribution < 1.29 is 4.42 Å². The van der Waals surface area contributed by atoms with E-state index >= 15 is 0 Å². The fourth-order valence-corrected chi connectivity index (χ4v) is 8.24. The van der Waals surface area contributed by atoms with Crippen LogP contribution in [0.5, 0.6) is 0 Å². The van der Waals surface area contributed by atoms with Crippen LogP contribution in [0.1, 0.15) is 0 Å². The molecule has 0 N–H and O–H groups in total. The fraction of sp³-hybridized carbons (Fsp3) is 0. The Kier molecular flexibility index (Phi) is 6.86. The molecule has 0 aliphatic carbocycles. The Bertz CT molecular complexity index is 3190. The molecule has 54 heavy (non-hydrogen) atoms. The lowest BCUT2D eigenvalue weighted by Gasteiger charge is -2.16. The highest BCUT2D eigenvalue weighted by atomic mass is 16.3. The quantitative estimate of drug-likeness (QED) is 0.180. The molecule has 0 unspecified atom stereocenters. The number of hydrogen-bond acceptors (Lipinski definition) is 2. The van der Waals surface area contributed by atoms with Crippen LogP contribution in [0.2, 0.25) is 0 Å². The third kappa shape index (κ3) is 4.79. The van der Waals surface area contributed by atoms with Gasteiger partial charge in [-0.25, -0.2) is 4.98 Å². The smallest absolute Gasteiger partial charge is 0.160 e. The maximum absolute atomic E-state index is 6.63. The van der Waals surface area contributed by atoms with Crippen molar-refractivity contribution in [3.8, 4) is 55.6 Å². The Morgan fingerprint density at radius 3 is 1.69 bits per heavy atom. The molecule has 0 radical (unpaired) electrons. The molecule has 11 aromatic rings. The first-order valence-corrected chi connectivity index (χ1v) is 18.4. The lowest BCUT2D eigenvalue weighted by atomic mass is 9.87. The Balaban J connectivity index is 1.03. The van der Waals surface area contributed by atoms with Crippen molar-refractivity contribution in [1.29, 1.82) is 0 Å². The minimum Gasteiger partial charge on any atom is -0.454 e. The van der Waals surface area contributed by atoms with Crippen molar-refractivity contribution in [2.45, 2.75) is 0 Å². The van der Waals surface area contributed by atoms with Gasteiger partial charge in [-0.1, -0.05) is 164 Å². The predicted molar refractivity (Wildman–Crippen MR) is 225 cm³/mol. The van der Waals surface area contributed by atoms with Gasteiger partial charge < -0.3 is 4.42 Å². The minimum absolute atomic E-state index is 0.864. The molecule has 0 fully saturated rings. The van der Waals surface area contributed by atoms with Gasteiger partial charge in [-0.15, -0.1) is 0 Å². The van der Waals surface area contributed by atoms with E-state index in [0.717, 1.165) is 60.6 Å². The van der Waals surface area contributed by atoms with Gasteiger partial charge >= 0.3 is 0 Å². The summed E-state index contributed by atoms with van der Waals surface area (Å²) >= 11 is 0. The Labute approximate surface area is 312 Å². The second kappa shape index (κ2) is 12.2. The van der Waals surface area contributed by atoms with E-state index in [2.05, 4.69) is 192 Å². The molecule has 0 amide bonds. The number of aromatic nitrogens is 2. The van der Waals surface area contributed by atoms with E-state index < -0.39 is 0 Å². The minimum atomic E-state index is 0.864. The maximum Gasteiger partial charge on any atom is 0.160 e. The zero-order valence-corrected chi connectivity index (χ0v) is 29.3. The lowest BCUT2D eigenvalue weighted by molar-refractivity contribution is 0.672. The number of para-hydroxylation sites is 2. The molecule has 0 spiro atoms. The second-order valence-electron chi connectivity index (χ2n) is 13.9. The first kappa shape index (κ1) is 30.4. The highest BCUT2D eigenvalue weighted by Gasteiger charge is 2.20. The average molecular weight is 689 g/mol. The van der Waals surface area contributed by atoms with Crippen LogP contribution >= 0.6 is 0 Å². The molecule has 8 aromatic carbocycles. The summed E-state index contributed by atoms with van der Waals surface area (Å²) in [6.07, 6.45) is 0. The highest BCUT2D eigenvalue weighted by molar-refractivity contribution is 6.19. The van der Waals surface area contributed by atoms with E-state index in [4.69, 9.17) is 9.40 Å². The summed E-state index contributed by atoms with van der Waals surface area (Å²) in [5.74, 6) is 0. The van der Waals surface area contributed by atoms with Crippen LogP contribution in [0.25, 0.3) is 105 Å². The molecular formula is C51H32N2O. The van der Waals surface area contributed by atoms with E-state index in [1.807, 2.05) is 6.07 Å². The summed E-state index contributed by atoms with van der Waals surface area (Å²) in [7, 11) is 0. The van der Waals surface area contributed by atoms with Gasteiger partial charge in [0.25, 0.3) is 0 Å². The summed E-state index contributed by atoms with van der Waals surface area (Å²) in [4.78, 5) is 5.09. The number of pyridine rings is 1. The van der Waals surface area contributed by atoms with E-state index in [0.29, 0.717) is 0 Å². The van der Waals surface area contributed by atoms with Gasteiger partial charge in [-0.05, 0) is 86.0 Å². The van der Waals surface area contributed by atoms with Crippen molar-refractivity contribution in [2.75, 3.05) is 0 Å². The summed E-state index contributed by atoms with van der Waals surface area (Å²) < 4.78 is 8.91. The van der Waals surface area contributed by atoms with Gasteiger partial charge in [0, 0.05) is 16.2 Å². The number of benzene rings is 8. The monoisotopic (exact) mass is 688 g/mol. The molecule has 0 saturated carbocycles. The van der Waals surface area contributed by atoms with Crippen molar-refractivity contribution in [3.05, 3.63) is 194 Å². The number of rotatable bonds is 5. The normalized spacial score (nSPS) is 11.7. The molecule has 0 aliphatic rings. The zero-order chi connectivity index (χ0) is 35.6. The molecule has 0 atom stereocenters. The van der Waals surface area contributed by atoms with Gasteiger partial charge in [-0.3, -0.25) is 4.40 Å². The Morgan fingerprint density at radius 1 is 0.370 bits per heavy atom. The maximum atomic E-state index is 6.63. The Hall–Kier alpha value is -7.23. The van der Waals surface area contributed by atoms with Crippen LogP contribution in [-0.2, 0) is 0 Å². The van der Waals surface area contributed by atoms with E-state index in [-0.39, 0.29) is 0 Å². The van der Waals surface area contributed by atoms with Gasteiger partial charge in [-0.2, -0.15) is 0 Å². The molecular weight excluding hydrogens is 657 g/mol. The van der Waals surface area contributed by atoms with Crippen LogP contribution in [0.4, 0.5) is 0 Å². The van der Waals surface area contributed by atoms with Gasteiger partial charge in [0.15, 0.2) is 5.58 Å². The van der Waals surface area contributed by atoms with Gasteiger partial charge in [0.2, 0.25) is 0 Å². The molecule has 0 saturated heterocycles. The standard InChI is InChI=1S/C51H32N2O/c1-3-13-35(14-4-1)39-17-7-8-18-40(39)41-29-27-37(31-44(41)36-15-5-2-6-16-36)33-23-25-34(26-24-33)38-28-30-48-45(32-38)49-50(54-48)42-19-9-10-20-43(42)51-52-46-21-11-12-22-47(46)53(49)51/h1-32H. The molecule has 3 nitrogen and oxygen atoms in total. The van der Waals surface area contributed by atoms with Crippen molar-refractivity contribution in [1.82, 2.24) is 9.38 Å². The summed E-state index contributed by atoms with van der Waals surface area (Å²) in [6, 6.07) is 69.2. The third-order valence-electron chi connectivity index (χ3n) is 10.8. The number of hydrogen-bond donors (Lipinski definition) is 0. The first-order chi connectivity index (χ1) is 26.8. The van der Waals surface area contributed by atoms with Crippen LogP contribution < -0.4 is 0 Å². The second-order valence-corrected chi connectivity index (χ2v) is 13.9. The number of nitrogens with zero attached hydrogens (tertiary/aromatic N) is 2. The van der Waals surface area contributed by atoms with E-state index in [1.165, 1.54) is 44.5 Å². The van der Waals surface area contributed by atoms with Crippen LogP contribution in [-0.4, -0.2) is 9.38 Å². The Morgan fingerprint density at radius 2 is 0.926 bits per heavy atom. The fourth-order valence-electron chi connectivity index (χ4n) is 8.24. The zero-order valence-electron chi connectivity index (χ0n) is 29.3. The highest BCUT2D eigenvalue weighted by Crippen LogP contribution is 2.42. The van der Waals surface area contributed by atoms with Gasteiger partial charge in [0.1, 0.15) is 16.7 Å². The van der Waals surface area contributed by atoms with Crippen LogP contribution in [0.15, 0.2) is 199 Å². The van der Waals surface area contributed by atoms with Crippen LogP contribution in [0.3, 0.4) is 0 Å². The van der Waals surface area contributed by atoms with Crippen LogP contribution in [0, 0.1) is 0 Å². The van der Waals surface area contributed by atoms with Gasteiger partial charge in [0.05, 0.1) is 11.0 Å². The van der Waals surface area contributed by atoms with Crippen molar-refractivity contribution >= 4 is 49.5 Å². The molecule has 3 heterocycles. The molecule has 252 valence electrons. The molecule has 11 rings (SSSR count). The number of furan rings is 1. The third-order valence-corrected chi connectivity index (χ3v) is 10.8. The lowest BCUT2D eigenvalue weighted by Crippen LogP contribution is -1.91. The van der Waals surface area contributed by atoms with E-state index in [9.17, 15) is 0 Å². The molecule has 3 aromatic heterocycles. The largest absolute Gasteiger partial charge is 0.454 e. The summed E-state index contributed by atoms with van der Waals surface area (Å²) in [5.41, 5.74) is 17.7. The SMILES string of the molecule is c1ccc(-c2ccccc2-c2ccc(-c3ccc(-c4ccc5oc6c7ccccc7c7nc8ccccc8n7c6c5c4)cc3)cc2-c2ccccc2)cc1. The summed E-state index contributed by atoms with van der Waals surface area (Å²) in [6.45, 7) is 0.